The molecule has 0 spiro atoms. The number of thiazole rings is 1. The summed E-state index contributed by atoms with van der Waals surface area (Å²) >= 11 is 0.876. The fourth-order valence-electron chi connectivity index (χ4n) is 1.70. The summed E-state index contributed by atoms with van der Waals surface area (Å²) < 4.78 is 0. The number of anilines is 1. The average Bonchev–Trinajstić information content (AvgIpc) is 2.79. The fourth-order valence-corrected chi connectivity index (χ4v) is 2.33. The molecule has 100 valence electrons. The lowest BCUT2D eigenvalue weighted by Gasteiger charge is -2.20. The molecule has 0 aromatic carbocycles. The Morgan fingerprint density at radius 1 is 1.56 bits per heavy atom. The molecule has 2 N–H and O–H groups in total. The van der Waals surface area contributed by atoms with Crippen molar-refractivity contribution in [2.75, 3.05) is 18.4 Å². The molecule has 0 radical (unpaired) electrons. The number of carbonyl (C=O) groups is 1. The first-order chi connectivity index (χ1) is 8.16. The van der Waals surface area contributed by atoms with E-state index >= 15 is 0 Å². The van der Waals surface area contributed by atoms with Crippen LogP contribution in [-0.2, 0) is 4.79 Å². The highest BCUT2D eigenvalue weighted by Crippen LogP contribution is 2.26. The summed E-state index contributed by atoms with van der Waals surface area (Å²) in [5.74, 6) is -0.130. The maximum Gasteiger partial charge on any atom is 0.345 e. The van der Waals surface area contributed by atoms with Crippen molar-refractivity contribution in [1.29, 1.82) is 0 Å². The van der Waals surface area contributed by atoms with Crippen molar-refractivity contribution in [2.45, 2.75) is 12.8 Å². The molecule has 1 fully saturated rings. The van der Waals surface area contributed by atoms with Crippen molar-refractivity contribution in [3.05, 3.63) is 16.3 Å². The molecule has 1 amide bonds. The zero-order chi connectivity index (χ0) is 12.3. The number of nitrogens with one attached hydrogen (secondary N) is 2. The van der Waals surface area contributed by atoms with E-state index in [2.05, 4.69) is 15.6 Å². The van der Waals surface area contributed by atoms with Crippen molar-refractivity contribution in [3.63, 3.8) is 0 Å². The van der Waals surface area contributed by atoms with Gasteiger partial charge >= 0.3 is 5.00 Å². The van der Waals surface area contributed by atoms with E-state index in [0.717, 1.165) is 43.5 Å². The first-order valence-corrected chi connectivity index (χ1v) is 6.10. The molecule has 1 saturated heterocycles. The lowest BCUT2D eigenvalue weighted by Crippen LogP contribution is -2.34. The van der Waals surface area contributed by atoms with Crippen LogP contribution >= 0.6 is 23.7 Å². The number of halogens is 1. The monoisotopic (exact) mass is 292 g/mol. The van der Waals surface area contributed by atoms with Crippen LogP contribution in [0.2, 0.25) is 0 Å². The number of nitrogens with zero attached hydrogens (tertiary/aromatic N) is 2. The summed E-state index contributed by atoms with van der Waals surface area (Å²) in [5.41, 5.74) is 0. The van der Waals surface area contributed by atoms with Gasteiger partial charge < -0.3 is 10.6 Å². The highest BCUT2D eigenvalue weighted by atomic mass is 35.5. The molecule has 0 atom stereocenters. The van der Waals surface area contributed by atoms with E-state index in [4.69, 9.17) is 0 Å². The zero-order valence-corrected chi connectivity index (χ0v) is 11.1. The van der Waals surface area contributed by atoms with Crippen LogP contribution in [0.3, 0.4) is 0 Å². The molecule has 1 aromatic heterocycles. The van der Waals surface area contributed by atoms with Crippen LogP contribution in [0, 0.1) is 16.0 Å². The third kappa shape index (κ3) is 3.62. The second kappa shape index (κ2) is 6.62. The Labute approximate surface area is 114 Å². The van der Waals surface area contributed by atoms with Crippen molar-refractivity contribution < 1.29 is 9.72 Å². The molecule has 1 aliphatic heterocycles. The van der Waals surface area contributed by atoms with Gasteiger partial charge in [-0.3, -0.25) is 14.9 Å². The number of carbonyl (C=O) groups excluding carboxylic acids is 1. The number of hydrogen-bond acceptors (Lipinski definition) is 6. The van der Waals surface area contributed by atoms with Gasteiger partial charge in [-0.2, -0.15) is 0 Å². The minimum absolute atomic E-state index is 0. The summed E-state index contributed by atoms with van der Waals surface area (Å²) in [5, 5.41) is 16.5. The topological polar surface area (TPSA) is 97.2 Å². The number of piperidine rings is 1. The van der Waals surface area contributed by atoms with E-state index in [1.807, 2.05) is 0 Å². The minimum Gasteiger partial charge on any atom is -0.317 e. The standard InChI is InChI=1S/C9H12N4O3S.ClH/c14-8(6-1-3-10-4-2-6)12-9-11-5-7(17-9)13(15)16;/h5-6,10H,1-4H2,(H,11,12,14);1H. The number of rotatable bonds is 3. The molecule has 2 heterocycles. The van der Waals surface area contributed by atoms with Crippen molar-refractivity contribution in [3.8, 4) is 0 Å². The molecular weight excluding hydrogens is 280 g/mol. The van der Waals surface area contributed by atoms with Gasteiger partial charge in [0.2, 0.25) is 5.91 Å². The molecule has 0 bridgehead atoms. The summed E-state index contributed by atoms with van der Waals surface area (Å²) in [6.45, 7) is 1.66. The van der Waals surface area contributed by atoms with Crippen LogP contribution < -0.4 is 10.6 Å². The number of aromatic nitrogens is 1. The Morgan fingerprint density at radius 2 is 2.22 bits per heavy atom. The van der Waals surface area contributed by atoms with Gasteiger partial charge in [-0.15, -0.1) is 12.4 Å². The predicted octanol–water partition coefficient (Wildman–Crippen LogP) is 1.41. The van der Waals surface area contributed by atoms with Gasteiger partial charge in [0.15, 0.2) is 5.13 Å². The van der Waals surface area contributed by atoms with Gasteiger partial charge in [-0.1, -0.05) is 0 Å². The van der Waals surface area contributed by atoms with Gasteiger partial charge in [-0.25, -0.2) is 4.98 Å². The Bertz CT molecular complexity index is 433. The molecule has 1 aliphatic rings. The summed E-state index contributed by atoms with van der Waals surface area (Å²) in [7, 11) is 0. The van der Waals surface area contributed by atoms with Crippen molar-refractivity contribution in [1.82, 2.24) is 10.3 Å². The first kappa shape index (κ1) is 14.8. The van der Waals surface area contributed by atoms with E-state index in [-0.39, 0.29) is 29.2 Å². The molecule has 0 aliphatic carbocycles. The molecule has 9 heteroatoms. The molecule has 2 rings (SSSR count). The van der Waals surface area contributed by atoms with Crippen LogP contribution in [0.1, 0.15) is 12.8 Å². The van der Waals surface area contributed by atoms with Crippen LogP contribution in [-0.4, -0.2) is 28.9 Å². The minimum atomic E-state index is -0.516. The van der Waals surface area contributed by atoms with E-state index in [9.17, 15) is 14.9 Å². The Morgan fingerprint density at radius 3 is 2.78 bits per heavy atom. The molecule has 7 nitrogen and oxygen atoms in total. The first-order valence-electron chi connectivity index (χ1n) is 5.28. The van der Waals surface area contributed by atoms with Crippen molar-refractivity contribution >= 4 is 39.8 Å². The fraction of sp³-hybridized carbons (Fsp3) is 0.556. The van der Waals surface area contributed by atoms with Crippen molar-refractivity contribution in [2.24, 2.45) is 5.92 Å². The molecular formula is C9H13ClN4O3S. The van der Waals surface area contributed by atoms with Gasteiger partial charge in [0.05, 0.1) is 4.92 Å². The molecule has 18 heavy (non-hydrogen) atoms. The number of hydrogen-bond donors (Lipinski definition) is 2. The van der Waals surface area contributed by atoms with E-state index < -0.39 is 4.92 Å². The third-order valence-corrected chi connectivity index (χ3v) is 3.48. The predicted molar refractivity (Wildman–Crippen MR) is 70.2 cm³/mol. The molecule has 0 saturated carbocycles. The summed E-state index contributed by atoms with van der Waals surface area (Å²) in [4.78, 5) is 25.5. The zero-order valence-electron chi connectivity index (χ0n) is 9.42. The maximum absolute atomic E-state index is 11.8. The normalized spacial score (nSPS) is 15.8. The number of nitro groups is 1. The van der Waals surface area contributed by atoms with E-state index in [0.29, 0.717) is 5.13 Å². The van der Waals surface area contributed by atoms with Crippen LogP contribution in [0.25, 0.3) is 0 Å². The SMILES string of the molecule is Cl.O=C(Nc1ncc([N+](=O)[O-])s1)C1CCNCC1. The molecule has 0 unspecified atom stereocenters. The second-order valence-corrected chi connectivity index (χ2v) is 4.78. The van der Waals surface area contributed by atoms with E-state index in [1.54, 1.807) is 0 Å². The lowest BCUT2D eigenvalue weighted by atomic mass is 9.97. The van der Waals surface area contributed by atoms with E-state index in [1.165, 1.54) is 0 Å². The quantitative estimate of drug-likeness (QED) is 0.648. The number of amides is 1. The van der Waals surface area contributed by atoms with Crippen LogP contribution in [0.4, 0.5) is 10.1 Å². The summed E-state index contributed by atoms with van der Waals surface area (Å²) in [6, 6.07) is 0. The van der Waals surface area contributed by atoms with Gasteiger partial charge in [0.25, 0.3) is 0 Å². The Hall–Kier alpha value is -1.25. The van der Waals surface area contributed by atoms with Crippen LogP contribution in [0.15, 0.2) is 6.20 Å². The van der Waals surface area contributed by atoms with Gasteiger partial charge in [0, 0.05) is 5.92 Å². The highest BCUT2D eigenvalue weighted by molar-refractivity contribution is 7.18. The highest BCUT2D eigenvalue weighted by Gasteiger charge is 2.22. The summed E-state index contributed by atoms with van der Waals surface area (Å²) in [6.07, 6.45) is 2.74. The second-order valence-electron chi connectivity index (χ2n) is 3.77. The largest absolute Gasteiger partial charge is 0.345 e. The smallest absolute Gasteiger partial charge is 0.317 e. The Balaban J connectivity index is 0.00000162. The average molecular weight is 293 g/mol. The van der Waals surface area contributed by atoms with Gasteiger partial charge in [-0.05, 0) is 37.3 Å². The molecule has 1 aromatic rings. The van der Waals surface area contributed by atoms with Gasteiger partial charge in [0.1, 0.15) is 6.20 Å². The lowest BCUT2D eigenvalue weighted by molar-refractivity contribution is -0.380. The third-order valence-electron chi connectivity index (χ3n) is 2.61. The van der Waals surface area contributed by atoms with Crippen LogP contribution in [0.5, 0.6) is 0 Å². The Kier molecular flexibility index (Phi) is 5.45. The maximum atomic E-state index is 11.8.